The number of likely N-dealkylation sites (tertiary alicyclic amines) is 1. The molecule has 0 aliphatic carbocycles. The Hall–Kier alpha value is -2.37. The molecule has 1 amide bonds. The van der Waals surface area contributed by atoms with Crippen molar-refractivity contribution in [2.75, 3.05) is 25.0 Å². The number of ether oxygens (including phenoxy) is 1. The summed E-state index contributed by atoms with van der Waals surface area (Å²) >= 11 is 0. The van der Waals surface area contributed by atoms with Gasteiger partial charge in [0, 0.05) is 6.54 Å². The Morgan fingerprint density at radius 1 is 1.24 bits per heavy atom. The van der Waals surface area contributed by atoms with Gasteiger partial charge in [-0.2, -0.15) is 0 Å². The van der Waals surface area contributed by atoms with Crippen molar-refractivity contribution in [1.29, 1.82) is 0 Å². The van der Waals surface area contributed by atoms with Crippen LogP contribution in [0.2, 0.25) is 0 Å². The van der Waals surface area contributed by atoms with Crippen LogP contribution < -0.4 is 10.1 Å². The third-order valence-corrected chi connectivity index (χ3v) is 4.26. The van der Waals surface area contributed by atoms with Crippen molar-refractivity contribution in [2.24, 2.45) is 0 Å². The van der Waals surface area contributed by atoms with Crippen LogP contribution >= 0.6 is 0 Å². The molecular weight excluding hydrogens is 316 g/mol. The fourth-order valence-electron chi connectivity index (χ4n) is 2.96. The summed E-state index contributed by atoms with van der Waals surface area (Å²) in [7, 11) is 0. The summed E-state index contributed by atoms with van der Waals surface area (Å²) in [4.78, 5) is 14.3. The van der Waals surface area contributed by atoms with E-state index in [2.05, 4.69) is 5.32 Å². The Labute approximate surface area is 148 Å². The number of nitrogens with zero attached hydrogens (tertiary/aromatic N) is 1. The Bertz CT molecular complexity index is 715. The normalized spacial score (nSPS) is 17.9. The number of amides is 1. The lowest BCUT2D eigenvalue weighted by Crippen LogP contribution is -2.42. The number of hydrogen-bond acceptors (Lipinski definition) is 4. The van der Waals surface area contributed by atoms with E-state index in [-0.39, 0.29) is 18.6 Å². The van der Waals surface area contributed by atoms with Crippen LogP contribution in [0.15, 0.2) is 48.5 Å². The van der Waals surface area contributed by atoms with Crippen LogP contribution in [0.4, 0.5) is 5.69 Å². The Kier molecular flexibility index (Phi) is 5.68. The zero-order chi connectivity index (χ0) is 17.6. The summed E-state index contributed by atoms with van der Waals surface area (Å²) < 4.78 is 5.90. The lowest BCUT2D eigenvalue weighted by molar-refractivity contribution is -0.118. The zero-order valence-electron chi connectivity index (χ0n) is 14.4. The molecule has 1 atom stereocenters. The van der Waals surface area contributed by atoms with Gasteiger partial charge in [0.2, 0.25) is 5.91 Å². The van der Waals surface area contributed by atoms with E-state index >= 15 is 0 Å². The van der Waals surface area contributed by atoms with Crippen molar-refractivity contribution in [3.05, 3.63) is 54.1 Å². The van der Waals surface area contributed by atoms with Crippen LogP contribution in [-0.2, 0) is 4.79 Å². The third kappa shape index (κ3) is 5.05. The molecule has 5 nitrogen and oxygen atoms in total. The zero-order valence-corrected chi connectivity index (χ0v) is 14.4. The van der Waals surface area contributed by atoms with Crippen molar-refractivity contribution in [3.8, 4) is 11.5 Å². The number of rotatable bonds is 5. The molecule has 2 aromatic carbocycles. The molecule has 2 aromatic rings. The van der Waals surface area contributed by atoms with Gasteiger partial charge in [0.05, 0.1) is 18.3 Å². The van der Waals surface area contributed by atoms with Gasteiger partial charge in [-0.05, 0) is 50.6 Å². The van der Waals surface area contributed by atoms with E-state index in [1.54, 1.807) is 0 Å². The summed E-state index contributed by atoms with van der Waals surface area (Å²) in [6, 6.07) is 15.2. The van der Waals surface area contributed by atoms with E-state index in [4.69, 9.17) is 4.74 Å². The number of nitrogens with one attached hydrogen (secondary N) is 1. The second-order valence-corrected chi connectivity index (χ2v) is 6.49. The van der Waals surface area contributed by atoms with Crippen molar-refractivity contribution < 1.29 is 14.6 Å². The Morgan fingerprint density at radius 3 is 2.76 bits per heavy atom. The number of β-amino-alcohol motifs (C(OH)–C–C–N with tert-alkyl or cyclic N) is 1. The lowest BCUT2D eigenvalue weighted by atomic mass is 10.1. The number of aliphatic hydroxyl groups excluding tert-OH is 1. The van der Waals surface area contributed by atoms with Crippen molar-refractivity contribution in [3.63, 3.8) is 0 Å². The predicted octanol–water partition coefficient (Wildman–Crippen LogP) is 3.18. The molecule has 0 bridgehead atoms. The van der Waals surface area contributed by atoms with Crippen LogP contribution in [0, 0.1) is 6.92 Å². The van der Waals surface area contributed by atoms with Gasteiger partial charge in [-0.25, -0.2) is 0 Å². The Morgan fingerprint density at radius 2 is 2.00 bits per heavy atom. The number of benzene rings is 2. The van der Waals surface area contributed by atoms with Gasteiger partial charge in [-0.15, -0.1) is 0 Å². The van der Waals surface area contributed by atoms with Crippen LogP contribution in [0.3, 0.4) is 0 Å². The van der Waals surface area contributed by atoms with E-state index < -0.39 is 0 Å². The van der Waals surface area contributed by atoms with Gasteiger partial charge in [0.25, 0.3) is 0 Å². The lowest BCUT2D eigenvalue weighted by Gasteiger charge is -2.29. The second kappa shape index (κ2) is 8.14. The molecule has 0 saturated carbocycles. The molecule has 0 unspecified atom stereocenters. The number of piperidine rings is 1. The average molecular weight is 340 g/mol. The molecule has 0 spiro atoms. The topological polar surface area (TPSA) is 61.8 Å². The van der Waals surface area contributed by atoms with Crippen molar-refractivity contribution >= 4 is 11.6 Å². The highest BCUT2D eigenvalue weighted by atomic mass is 16.5. The molecule has 0 aromatic heterocycles. The third-order valence-electron chi connectivity index (χ3n) is 4.26. The molecule has 0 radical (unpaired) electrons. The number of carbonyl (C=O) groups excluding carboxylic acids is 1. The Balaban J connectivity index is 1.64. The summed E-state index contributed by atoms with van der Waals surface area (Å²) in [6.07, 6.45) is 1.39. The highest BCUT2D eigenvalue weighted by Crippen LogP contribution is 2.29. The van der Waals surface area contributed by atoms with Crippen LogP contribution in [0.1, 0.15) is 18.4 Å². The SMILES string of the molecule is Cc1ccc(Oc2ccccc2NC(=O)CN2CCC[C@H](O)C2)cc1. The molecule has 1 aliphatic rings. The monoisotopic (exact) mass is 340 g/mol. The number of anilines is 1. The quantitative estimate of drug-likeness (QED) is 0.877. The summed E-state index contributed by atoms with van der Waals surface area (Å²) in [6.45, 7) is 3.69. The van der Waals surface area contributed by atoms with E-state index in [9.17, 15) is 9.90 Å². The van der Waals surface area contributed by atoms with E-state index in [1.807, 2.05) is 60.4 Å². The molecular formula is C20H24N2O3. The summed E-state index contributed by atoms with van der Waals surface area (Å²) in [5.74, 6) is 1.24. The molecule has 25 heavy (non-hydrogen) atoms. The second-order valence-electron chi connectivity index (χ2n) is 6.49. The maximum Gasteiger partial charge on any atom is 0.238 e. The minimum atomic E-state index is -0.335. The van der Waals surface area contributed by atoms with Crippen LogP contribution in [0.5, 0.6) is 11.5 Å². The molecule has 1 saturated heterocycles. The smallest absolute Gasteiger partial charge is 0.238 e. The van der Waals surface area contributed by atoms with E-state index in [1.165, 1.54) is 0 Å². The highest BCUT2D eigenvalue weighted by Gasteiger charge is 2.20. The minimum Gasteiger partial charge on any atom is -0.455 e. The number of aryl methyl sites for hydroxylation is 1. The molecule has 5 heteroatoms. The van der Waals surface area contributed by atoms with Gasteiger partial charge >= 0.3 is 0 Å². The standard InChI is InChI=1S/C20H24N2O3/c1-15-8-10-17(11-9-15)25-19-7-3-2-6-18(19)21-20(24)14-22-12-4-5-16(23)13-22/h2-3,6-11,16,23H,4-5,12-14H2,1H3,(H,21,24)/t16-/m0/s1. The number of hydrogen-bond donors (Lipinski definition) is 2. The number of carbonyl (C=O) groups is 1. The van der Waals surface area contributed by atoms with Gasteiger partial charge in [-0.1, -0.05) is 29.8 Å². The number of aliphatic hydroxyl groups is 1. The highest BCUT2D eigenvalue weighted by molar-refractivity contribution is 5.93. The summed E-state index contributed by atoms with van der Waals surface area (Å²) in [5, 5.41) is 12.6. The summed E-state index contributed by atoms with van der Waals surface area (Å²) in [5.41, 5.74) is 1.81. The first-order valence-electron chi connectivity index (χ1n) is 8.64. The molecule has 3 rings (SSSR count). The first-order valence-corrected chi connectivity index (χ1v) is 8.64. The fraction of sp³-hybridized carbons (Fsp3) is 0.350. The van der Waals surface area contributed by atoms with Crippen LogP contribution in [0.25, 0.3) is 0 Å². The van der Waals surface area contributed by atoms with Gasteiger partial charge in [0.15, 0.2) is 5.75 Å². The minimum absolute atomic E-state index is 0.103. The average Bonchev–Trinajstić information content (AvgIpc) is 2.58. The first kappa shape index (κ1) is 17.5. The van der Waals surface area contributed by atoms with Crippen LogP contribution in [-0.4, -0.2) is 41.7 Å². The van der Waals surface area contributed by atoms with Gasteiger partial charge in [0.1, 0.15) is 5.75 Å². The van der Waals surface area contributed by atoms with Gasteiger partial charge < -0.3 is 15.2 Å². The largest absolute Gasteiger partial charge is 0.455 e. The maximum atomic E-state index is 12.3. The van der Waals surface area contributed by atoms with Gasteiger partial charge in [-0.3, -0.25) is 9.69 Å². The first-order chi connectivity index (χ1) is 12.1. The van der Waals surface area contributed by atoms with E-state index in [0.29, 0.717) is 18.0 Å². The molecule has 1 aliphatic heterocycles. The maximum absolute atomic E-state index is 12.3. The predicted molar refractivity (Wildman–Crippen MR) is 98.0 cm³/mol. The molecule has 1 heterocycles. The van der Waals surface area contributed by atoms with Crippen molar-refractivity contribution in [1.82, 2.24) is 4.90 Å². The van der Waals surface area contributed by atoms with E-state index in [0.717, 1.165) is 30.7 Å². The molecule has 1 fully saturated rings. The van der Waals surface area contributed by atoms with Crippen molar-refractivity contribution in [2.45, 2.75) is 25.9 Å². The fourth-order valence-corrected chi connectivity index (χ4v) is 2.96. The molecule has 2 N–H and O–H groups in total. The molecule has 132 valence electrons. The number of para-hydroxylation sites is 2.